The third kappa shape index (κ3) is 4.33. The maximum atomic E-state index is 13.6. The number of alkyl halides is 2. The Labute approximate surface area is 145 Å². The van der Waals surface area contributed by atoms with Crippen LogP contribution in [0.2, 0.25) is 0 Å². The fraction of sp³-hybridized carbons (Fsp3) is 0.611. The molecule has 3 rings (SSSR count). The van der Waals surface area contributed by atoms with Gasteiger partial charge in [0, 0.05) is 31.6 Å². The van der Waals surface area contributed by atoms with E-state index in [4.69, 9.17) is 0 Å². The van der Waals surface area contributed by atoms with Gasteiger partial charge < -0.3 is 10.0 Å². The second-order valence-corrected chi connectivity index (χ2v) is 6.99. The molecule has 2 fully saturated rings. The zero-order chi connectivity index (χ0) is 18.0. The number of aliphatic hydroxyl groups excluding tert-OH is 1. The largest absolute Gasteiger partial charge is 0.395 e. The summed E-state index contributed by atoms with van der Waals surface area (Å²) in [6.45, 7) is 0.409. The Hall–Kier alpha value is -1.60. The summed E-state index contributed by atoms with van der Waals surface area (Å²) < 4.78 is 40.4. The van der Waals surface area contributed by atoms with Crippen LogP contribution in [0.3, 0.4) is 0 Å². The quantitative estimate of drug-likeness (QED) is 0.898. The van der Waals surface area contributed by atoms with Gasteiger partial charge in [-0.2, -0.15) is 0 Å². The molecule has 0 spiro atoms. The number of piperidine rings is 1. The first-order chi connectivity index (χ1) is 11.9. The smallest absolute Gasteiger partial charge is 0.262 e. The summed E-state index contributed by atoms with van der Waals surface area (Å²) in [4.78, 5) is 15.8. The van der Waals surface area contributed by atoms with E-state index in [9.17, 15) is 23.1 Å². The van der Waals surface area contributed by atoms with Crippen molar-refractivity contribution >= 4 is 5.91 Å². The average molecular weight is 356 g/mol. The van der Waals surface area contributed by atoms with E-state index in [1.807, 2.05) is 0 Å². The van der Waals surface area contributed by atoms with Gasteiger partial charge in [-0.15, -0.1) is 0 Å². The molecular weight excluding hydrogens is 333 g/mol. The molecule has 1 aromatic rings. The lowest BCUT2D eigenvalue weighted by Crippen LogP contribution is -2.49. The van der Waals surface area contributed by atoms with Crippen LogP contribution in [-0.2, 0) is 11.2 Å². The van der Waals surface area contributed by atoms with E-state index in [2.05, 4.69) is 0 Å². The number of nitrogens with zero attached hydrogens (tertiary/aromatic N) is 2. The van der Waals surface area contributed by atoms with Crippen LogP contribution >= 0.6 is 0 Å². The molecule has 25 heavy (non-hydrogen) atoms. The highest BCUT2D eigenvalue weighted by Gasteiger charge is 2.47. The number of carbonyl (C=O) groups is 1. The molecule has 2 heterocycles. The maximum absolute atomic E-state index is 13.6. The van der Waals surface area contributed by atoms with E-state index in [1.54, 1.807) is 21.9 Å². The number of likely N-dealkylation sites (tertiary alicyclic amines) is 2. The van der Waals surface area contributed by atoms with Gasteiger partial charge in [0.15, 0.2) is 0 Å². The van der Waals surface area contributed by atoms with Crippen LogP contribution in [0.5, 0.6) is 0 Å². The van der Waals surface area contributed by atoms with Gasteiger partial charge in [0.2, 0.25) is 5.91 Å². The SMILES string of the molecule is O=C(Cc1cccc(F)c1)N1CCC(N2CC(F)(F)C[C@H]2CO)CC1. The number of rotatable bonds is 4. The lowest BCUT2D eigenvalue weighted by Gasteiger charge is -2.38. The lowest BCUT2D eigenvalue weighted by molar-refractivity contribution is -0.132. The summed E-state index contributed by atoms with van der Waals surface area (Å²) in [6, 6.07) is 5.43. The van der Waals surface area contributed by atoms with Crippen molar-refractivity contribution in [2.75, 3.05) is 26.2 Å². The van der Waals surface area contributed by atoms with Gasteiger partial charge in [-0.05, 0) is 30.5 Å². The van der Waals surface area contributed by atoms with Gasteiger partial charge in [0.25, 0.3) is 5.92 Å². The van der Waals surface area contributed by atoms with Gasteiger partial charge in [0.05, 0.1) is 19.6 Å². The van der Waals surface area contributed by atoms with Crippen molar-refractivity contribution in [2.45, 2.75) is 43.7 Å². The monoisotopic (exact) mass is 356 g/mol. The van der Waals surface area contributed by atoms with Gasteiger partial charge in [-0.25, -0.2) is 13.2 Å². The molecule has 1 aromatic carbocycles. The highest BCUT2D eigenvalue weighted by Crippen LogP contribution is 2.35. The molecular formula is C18H23F3N2O2. The molecule has 2 aliphatic rings. The summed E-state index contributed by atoms with van der Waals surface area (Å²) in [7, 11) is 0. The van der Waals surface area contributed by atoms with Crippen molar-refractivity contribution in [1.82, 2.24) is 9.80 Å². The second-order valence-electron chi connectivity index (χ2n) is 6.99. The molecule has 0 bridgehead atoms. The average Bonchev–Trinajstić information content (AvgIpc) is 2.90. The summed E-state index contributed by atoms with van der Waals surface area (Å²) in [5.74, 6) is -3.19. The third-order valence-corrected chi connectivity index (χ3v) is 5.16. The first-order valence-corrected chi connectivity index (χ1v) is 8.64. The molecule has 1 amide bonds. The van der Waals surface area contributed by atoms with Crippen LogP contribution in [0.1, 0.15) is 24.8 Å². The van der Waals surface area contributed by atoms with Crippen LogP contribution in [0.15, 0.2) is 24.3 Å². The Kier molecular flexibility index (Phi) is 5.34. The zero-order valence-corrected chi connectivity index (χ0v) is 14.0. The van der Waals surface area contributed by atoms with Crippen LogP contribution < -0.4 is 0 Å². The second kappa shape index (κ2) is 7.33. The molecule has 0 saturated carbocycles. The number of hydrogen-bond acceptors (Lipinski definition) is 3. The minimum absolute atomic E-state index is 0.0382. The van der Waals surface area contributed by atoms with Crippen molar-refractivity contribution in [3.8, 4) is 0 Å². The van der Waals surface area contributed by atoms with Crippen molar-refractivity contribution in [2.24, 2.45) is 0 Å². The third-order valence-electron chi connectivity index (χ3n) is 5.16. The molecule has 2 saturated heterocycles. The van der Waals surface area contributed by atoms with E-state index in [0.29, 0.717) is 31.5 Å². The number of aliphatic hydroxyl groups is 1. The number of carbonyl (C=O) groups excluding carboxylic acids is 1. The van der Waals surface area contributed by atoms with E-state index in [1.165, 1.54) is 12.1 Å². The highest BCUT2D eigenvalue weighted by molar-refractivity contribution is 5.78. The van der Waals surface area contributed by atoms with Gasteiger partial charge in [0.1, 0.15) is 5.82 Å². The summed E-state index contributed by atoms with van der Waals surface area (Å²) in [5.41, 5.74) is 0.631. The van der Waals surface area contributed by atoms with Gasteiger partial charge in [-0.1, -0.05) is 12.1 Å². The molecule has 138 valence electrons. The number of halogens is 3. The molecule has 1 N–H and O–H groups in total. The Balaban J connectivity index is 1.54. The van der Waals surface area contributed by atoms with Gasteiger partial charge in [-0.3, -0.25) is 9.69 Å². The highest BCUT2D eigenvalue weighted by atomic mass is 19.3. The van der Waals surface area contributed by atoms with Crippen molar-refractivity contribution in [1.29, 1.82) is 0 Å². The van der Waals surface area contributed by atoms with Crippen LogP contribution in [0.4, 0.5) is 13.2 Å². The molecule has 7 heteroatoms. The van der Waals surface area contributed by atoms with Crippen LogP contribution in [0, 0.1) is 5.82 Å². The molecule has 0 unspecified atom stereocenters. The number of amides is 1. The van der Waals surface area contributed by atoms with E-state index < -0.39 is 12.0 Å². The van der Waals surface area contributed by atoms with Crippen molar-refractivity contribution < 1.29 is 23.1 Å². The van der Waals surface area contributed by atoms with Crippen molar-refractivity contribution in [3.05, 3.63) is 35.6 Å². The molecule has 0 aliphatic carbocycles. The summed E-state index contributed by atoms with van der Waals surface area (Å²) in [5, 5.41) is 9.36. The number of benzene rings is 1. The normalized spacial score (nSPS) is 24.6. The predicted octanol–water partition coefficient (Wildman–Crippen LogP) is 2.06. The first-order valence-electron chi connectivity index (χ1n) is 8.64. The number of hydrogen-bond donors (Lipinski definition) is 1. The maximum Gasteiger partial charge on any atom is 0.262 e. The standard InChI is InChI=1S/C18H23F3N2O2/c19-14-3-1-2-13(8-14)9-17(25)22-6-4-15(5-7-22)23-12-18(20,21)10-16(23)11-24/h1-3,8,15-16,24H,4-7,9-12H2/t16-/m0/s1. The first kappa shape index (κ1) is 18.2. The van der Waals surface area contributed by atoms with E-state index >= 15 is 0 Å². The lowest BCUT2D eigenvalue weighted by atomic mass is 10.0. The molecule has 4 nitrogen and oxygen atoms in total. The van der Waals surface area contributed by atoms with E-state index in [-0.39, 0.29) is 43.8 Å². The summed E-state index contributed by atoms with van der Waals surface area (Å²) in [6.07, 6.45) is 1.06. The molecule has 2 aliphatic heterocycles. The molecule has 0 radical (unpaired) electrons. The minimum Gasteiger partial charge on any atom is -0.395 e. The van der Waals surface area contributed by atoms with E-state index in [0.717, 1.165) is 0 Å². The van der Waals surface area contributed by atoms with Crippen LogP contribution in [-0.4, -0.2) is 65.1 Å². The zero-order valence-electron chi connectivity index (χ0n) is 14.0. The Bertz CT molecular complexity index is 618. The summed E-state index contributed by atoms with van der Waals surface area (Å²) >= 11 is 0. The Morgan fingerprint density at radius 3 is 2.64 bits per heavy atom. The predicted molar refractivity (Wildman–Crippen MR) is 86.8 cm³/mol. The minimum atomic E-state index is -2.75. The Morgan fingerprint density at radius 2 is 2.00 bits per heavy atom. The molecule has 0 aromatic heterocycles. The molecule has 1 atom stereocenters. The topological polar surface area (TPSA) is 43.8 Å². The van der Waals surface area contributed by atoms with Crippen LogP contribution in [0.25, 0.3) is 0 Å². The Morgan fingerprint density at radius 1 is 1.28 bits per heavy atom. The fourth-order valence-electron chi connectivity index (χ4n) is 3.90. The van der Waals surface area contributed by atoms with Crippen molar-refractivity contribution in [3.63, 3.8) is 0 Å². The fourth-order valence-corrected chi connectivity index (χ4v) is 3.90. The van der Waals surface area contributed by atoms with Gasteiger partial charge >= 0.3 is 0 Å².